The molecule has 2 unspecified atom stereocenters. The van der Waals surface area contributed by atoms with Gasteiger partial charge in [0, 0.05) is 32.5 Å². The minimum atomic E-state index is -0.499. The number of carbonyl (C=O) groups excluding carboxylic acids is 1. The molecular weight excluding hydrogens is 361 g/mol. The SMILES string of the molecule is CCOC1CC(c2ccc(F)cc2)OC2(CCN(C(=O)OC(C)(C)C)CC2)C1. The third-order valence-corrected chi connectivity index (χ3v) is 5.44. The molecule has 2 fully saturated rings. The quantitative estimate of drug-likeness (QED) is 0.736. The highest BCUT2D eigenvalue weighted by Crippen LogP contribution is 2.44. The first-order valence-electron chi connectivity index (χ1n) is 10.2. The monoisotopic (exact) mass is 393 g/mol. The summed E-state index contributed by atoms with van der Waals surface area (Å²) in [6, 6.07) is 6.53. The Hall–Kier alpha value is -1.66. The number of carbonyl (C=O) groups is 1. The van der Waals surface area contributed by atoms with Gasteiger partial charge in [-0.1, -0.05) is 12.1 Å². The summed E-state index contributed by atoms with van der Waals surface area (Å²) in [7, 11) is 0. The van der Waals surface area contributed by atoms with E-state index in [4.69, 9.17) is 14.2 Å². The standard InChI is InChI=1S/C22H32FNO4/c1-5-26-18-14-19(16-6-8-17(23)9-7-16)27-22(15-18)10-12-24(13-11-22)20(25)28-21(2,3)4/h6-9,18-19H,5,10-15H2,1-4H3. The molecule has 1 spiro atoms. The highest BCUT2D eigenvalue weighted by atomic mass is 19.1. The molecule has 1 aromatic carbocycles. The number of amides is 1. The average molecular weight is 393 g/mol. The fourth-order valence-electron chi connectivity index (χ4n) is 4.12. The number of nitrogens with zero attached hydrogens (tertiary/aromatic N) is 1. The molecule has 2 atom stereocenters. The zero-order valence-corrected chi connectivity index (χ0v) is 17.4. The summed E-state index contributed by atoms with van der Waals surface area (Å²) >= 11 is 0. The Morgan fingerprint density at radius 2 is 1.89 bits per heavy atom. The predicted molar refractivity (Wildman–Crippen MR) is 105 cm³/mol. The van der Waals surface area contributed by atoms with Crippen molar-refractivity contribution in [3.8, 4) is 0 Å². The molecule has 2 aliphatic rings. The summed E-state index contributed by atoms with van der Waals surface area (Å²) < 4.78 is 31.4. The first kappa shape index (κ1) is 21.1. The van der Waals surface area contributed by atoms with Gasteiger partial charge in [-0.2, -0.15) is 0 Å². The Bertz CT molecular complexity index is 662. The largest absolute Gasteiger partial charge is 0.444 e. The molecule has 0 aliphatic carbocycles. The molecule has 0 saturated carbocycles. The van der Waals surface area contributed by atoms with E-state index in [0.717, 1.165) is 31.2 Å². The lowest BCUT2D eigenvalue weighted by Gasteiger charge is -2.48. The summed E-state index contributed by atoms with van der Waals surface area (Å²) in [6.07, 6.45) is 2.77. The van der Waals surface area contributed by atoms with Gasteiger partial charge < -0.3 is 19.1 Å². The average Bonchev–Trinajstić information content (AvgIpc) is 2.61. The maximum Gasteiger partial charge on any atom is 0.410 e. The van der Waals surface area contributed by atoms with Gasteiger partial charge in [0.1, 0.15) is 11.4 Å². The molecule has 6 heteroatoms. The van der Waals surface area contributed by atoms with Crippen molar-refractivity contribution in [2.75, 3.05) is 19.7 Å². The number of ether oxygens (including phenoxy) is 3. The molecule has 0 bridgehead atoms. The summed E-state index contributed by atoms with van der Waals surface area (Å²) in [5.74, 6) is -0.249. The van der Waals surface area contributed by atoms with Gasteiger partial charge in [0.2, 0.25) is 0 Å². The summed E-state index contributed by atoms with van der Waals surface area (Å²) in [4.78, 5) is 14.1. The van der Waals surface area contributed by atoms with Gasteiger partial charge in [-0.15, -0.1) is 0 Å². The van der Waals surface area contributed by atoms with Crippen LogP contribution in [-0.2, 0) is 14.2 Å². The smallest absolute Gasteiger partial charge is 0.410 e. The van der Waals surface area contributed by atoms with Crippen LogP contribution in [0.5, 0.6) is 0 Å². The fraction of sp³-hybridized carbons (Fsp3) is 0.682. The van der Waals surface area contributed by atoms with Crippen LogP contribution >= 0.6 is 0 Å². The Labute approximate surface area is 167 Å². The molecule has 0 radical (unpaired) electrons. The number of rotatable bonds is 3. The van der Waals surface area contributed by atoms with Gasteiger partial charge in [-0.05, 0) is 58.2 Å². The molecule has 2 heterocycles. The van der Waals surface area contributed by atoms with Crippen molar-refractivity contribution in [3.05, 3.63) is 35.6 Å². The Kier molecular flexibility index (Phi) is 6.30. The van der Waals surface area contributed by atoms with Gasteiger partial charge >= 0.3 is 6.09 Å². The Morgan fingerprint density at radius 1 is 1.25 bits per heavy atom. The normalized spacial score (nSPS) is 25.0. The lowest BCUT2D eigenvalue weighted by atomic mass is 9.81. The van der Waals surface area contributed by atoms with E-state index in [9.17, 15) is 9.18 Å². The number of hydrogen-bond acceptors (Lipinski definition) is 4. The van der Waals surface area contributed by atoms with E-state index in [1.807, 2.05) is 27.7 Å². The zero-order chi connectivity index (χ0) is 20.4. The van der Waals surface area contributed by atoms with Crippen molar-refractivity contribution in [2.45, 2.75) is 76.8 Å². The number of piperidine rings is 1. The number of likely N-dealkylation sites (tertiary alicyclic amines) is 1. The lowest BCUT2D eigenvalue weighted by Crippen LogP contribution is -2.53. The van der Waals surface area contributed by atoms with Crippen molar-refractivity contribution in [3.63, 3.8) is 0 Å². The maximum absolute atomic E-state index is 13.3. The van der Waals surface area contributed by atoms with Gasteiger partial charge in [0.25, 0.3) is 0 Å². The van der Waals surface area contributed by atoms with Crippen LogP contribution in [0.4, 0.5) is 9.18 Å². The first-order chi connectivity index (χ1) is 13.2. The topological polar surface area (TPSA) is 48.0 Å². The Balaban J connectivity index is 1.69. The minimum Gasteiger partial charge on any atom is -0.444 e. The van der Waals surface area contributed by atoms with Crippen LogP contribution in [0.2, 0.25) is 0 Å². The molecule has 1 amide bonds. The van der Waals surface area contributed by atoms with Crippen molar-refractivity contribution in [2.24, 2.45) is 0 Å². The Morgan fingerprint density at radius 3 is 2.46 bits per heavy atom. The van der Waals surface area contributed by atoms with E-state index in [-0.39, 0.29) is 29.7 Å². The van der Waals surface area contributed by atoms with Gasteiger partial charge in [0.15, 0.2) is 0 Å². The molecule has 28 heavy (non-hydrogen) atoms. The van der Waals surface area contributed by atoms with Crippen molar-refractivity contribution >= 4 is 6.09 Å². The van der Waals surface area contributed by atoms with Crippen LogP contribution in [0.25, 0.3) is 0 Å². The molecule has 2 aliphatic heterocycles. The zero-order valence-electron chi connectivity index (χ0n) is 17.4. The third kappa shape index (κ3) is 5.23. The molecule has 5 nitrogen and oxygen atoms in total. The summed E-state index contributed by atoms with van der Waals surface area (Å²) in [6.45, 7) is 9.48. The highest BCUT2D eigenvalue weighted by Gasteiger charge is 2.45. The van der Waals surface area contributed by atoms with E-state index < -0.39 is 5.60 Å². The van der Waals surface area contributed by atoms with E-state index in [0.29, 0.717) is 19.7 Å². The van der Waals surface area contributed by atoms with Crippen molar-refractivity contribution in [1.82, 2.24) is 4.90 Å². The second-order valence-electron chi connectivity index (χ2n) is 8.83. The van der Waals surface area contributed by atoms with Gasteiger partial charge in [-0.25, -0.2) is 9.18 Å². The highest BCUT2D eigenvalue weighted by molar-refractivity contribution is 5.68. The fourth-order valence-corrected chi connectivity index (χ4v) is 4.12. The predicted octanol–water partition coefficient (Wildman–Crippen LogP) is 4.85. The summed E-state index contributed by atoms with van der Waals surface area (Å²) in [5, 5.41) is 0. The number of halogens is 1. The van der Waals surface area contributed by atoms with E-state index >= 15 is 0 Å². The number of benzene rings is 1. The van der Waals surface area contributed by atoms with Crippen molar-refractivity contribution < 1.29 is 23.4 Å². The molecule has 0 aromatic heterocycles. The van der Waals surface area contributed by atoms with E-state index in [1.54, 1.807) is 17.0 Å². The van der Waals surface area contributed by atoms with Crippen LogP contribution in [-0.4, -0.2) is 48.0 Å². The van der Waals surface area contributed by atoms with E-state index in [1.165, 1.54) is 12.1 Å². The molecular formula is C22H32FNO4. The molecule has 1 aromatic rings. The van der Waals surface area contributed by atoms with Crippen LogP contribution in [0.1, 0.15) is 65.0 Å². The lowest BCUT2D eigenvalue weighted by molar-refractivity contribution is -0.191. The minimum absolute atomic E-state index is 0.0990. The molecule has 3 rings (SSSR count). The molecule has 156 valence electrons. The molecule has 2 saturated heterocycles. The van der Waals surface area contributed by atoms with Crippen LogP contribution in [0.3, 0.4) is 0 Å². The second kappa shape index (κ2) is 8.37. The van der Waals surface area contributed by atoms with Crippen LogP contribution in [0.15, 0.2) is 24.3 Å². The van der Waals surface area contributed by atoms with Crippen molar-refractivity contribution in [1.29, 1.82) is 0 Å². The van der Waals surface area contributed by atoms with Crippen LogP contribution in [0, 0.1) is 5.82 Å². The van der Waals surface area contributed by atoms with Gasteiger partial charge in [0.05, 0.1) is 17.8 Å². The summed E-state index contributed by atoms with van der Waals surface area (Å²) in [5.41, 5.74) is 0.150. The second-order valence-corrected chi connectivity index (χ2v) is 8.83. The molecule has 0 N–H and O–H groups in total. The van der Waals surface area contributed by atoms with Crippen LogP contribution < -0.4 is 0 Å². The van der Waals surface area contributed by atoms with E-state index in [2.05, 4.69) is 0 Å². The first-order valence-corrected chi connectivity index (χ1v) is 10.2. The third-order valence-electron chi connectivity index (χ3n) is 5.44. The number of hydrogen-bond donors (Lipinski definition) is 0. The van der Waals surface area contributed by atoms with Gasteiger partial charge in [-0.3, -0.25) is 0 Å². The maximum atomic E-state index is 13.3.